The number of amides is 1. The first kappa shape index (κ1) is 19.9. The van der Waals surface area contributed by atoms with E-state index in [4.69, 9.17) is 4.98 Å². The van der Waals surface area contributed by atoms with E-state index in [-0.39, 0.29) is 17.9 Å². The smallest absolute Gasteiger partial charge is 0.258 e. The number of para-hydroxylation sites is 4. The number of hydrogen-bond acceptors (Lipinski definition) is 4. The maximum Gasteiger partial charge on any atom is 0.258 e. The Bertz CT molecular complexity index is 1680. The number of nitrogens with one attached hydrogen (secondary N) is 2. The van der Waals surface area contributed by atoms with E-state index in [1.165, 1.54) is 0 Å². The lowest BCUT2D eigenvalue weighted by Gasteiger charge is -2.17. The monoisotopic (exact) mass is 444 g/mol. The Kier molecular flexibility index (Phi) is 4.70. The van der Waals surface area contributed by atoms with Crippen LogP contribution in [0, 0.1) is 0 Å². The van der Waals surface area contributed by atoms with Crippen molar-refractivity contribution in [1.82, 2.24) is 15.0 Å². The van der Waals surface area contributed by atoms with Crippen LogP contribution in [0.25, 0.3) is 43.6 Å². The average molecular weight is 444 g/mol. The van der Waals surface area contributed by atoms with Gasteiger partial charge in [0.05, 0.1) is 27.8 Å². The Morgan fingerprint density at radius 3 is 1.71 bits per heavy atom. The van der Waals surface area contributed by atoms with Crippen molar-refractivity contribution in [3.8, 4) is 0 Å². The minimum atomic E-state index is -0.232. The van der Waals surface area contributed by atoms with E-state index in [0.29, 0.717) is 10.8 Å². The van der Waals surface area contributed by atoms with Gasteiger partial charge in [0.15, 0.2) is 5.43 Å². The van der Waals surface area contributed by atoms with Gasteiger partial charge >= 0.3 is 0 Å². The SMILES string of the molecule is O=C(Cn1c2ccccc2c(=O)c2ccccc21)NNc1c2ccccc2nc2ccccc12. The summed E-state index contributed by atoms with van der Waals surface area (Å²) in [6, 6.07) is 30.4. The molecule has 6 rings (SSSR count). The normalized spacial score (nSPS) is 11.3. The summed E-state index contributed by atoms with van der Waals surface area (Å²) >= 11 is 0. The summed E-state index contributed by atoms with van der Waals surface area (Å²) in [6.45, 7) is 0.0508. The van der Waals surface area contributed by atoms with Gasteiger partial charge in [0.2, 0.25) is 0 Å². The molecule has 2 heterocycles. The molecular formula is C28H20N4O2. The molecule has 6 nitrogen and oxygen atoms in total. The van der Waals surface area contributed by atoms with Crippen molar-refractivity contribution in [3.05, 3.63) is 107 Å². The third kappa shape index (κ3) is 3.24. The molecule has 0 fully saturated rings. The molecule has 0 saturated carbocycles. The number of benzene rings is 4. The number of hydrazine groups is 1. The molecule has 0 aliphatic rings. The van der Waals surface area contributed by atoms with Crippen LogP contribution in [0.1, 0.15) is 0 Å². The van der Waals surface area contributed by atoms with E-state index in [1.807, 2.05) is 89.5 Å². The molecule has 164 valence electrons. The number of fused-ring (bicyclic) bond motifs is 4. The van der Waals surface area contributed by atoms with Crippen LogP contribution in [0.2, 0.25) is 0 Å². The van der Waals surface area contributed by atoms with Gasteiger partial charge in [-0.15, -0.1) is 0 Å². The van der Waals surface area contributed by atoms with Gasteiger partial charge < -0.3 is 4.57 Å². The molecule has 4 aromatic carbocycles. The van der Waals surface area contributed by atoms with Gasteiger partial charge in [-0.3, -0.25) is 20.4 Å². The average Bonchev–Trinajstić information content (AvgIpc) is 2.89. The fraction of sp³-hybridized carbons (Fsp3) is 0.0357. The van der Waals surface area contributed by atoms with Gasteiger partial charge in [0, 0.05) is 21.5 Å². The van der Waals surface area contributed by atoms with E-state index in [2.05, 4.69) is 10.9 Å². The Hall–Kier alpha value is -4.71. The van der Waals surface area contributed by atoms with Crippen molar-refractivity contribution in [2.45, 2.75) is 6.54 Å². The van der Waals surface area contributed by atoms with Gasteiger partial charge in [0.1, 0.15) is 6.54 Å². The van der Waals surface area contributed by atoms with Gasteiger partial charge in [-0.25, -0.2) is 4.98 Å². The fourth-order valence-corrected chi connectivity index (χ4v) is 4.54. The zero-order valence-corrected chi connectivity index (χ0v) is 18.2. The molecule has 2 aromatic heterocycles. The van der Waals surface area contributed by atoms with E-state index >= 15 is 0 Å². The summed E-state index contributed by atoms with van der Waals surface area (Å²) in [5.74, 6) is -0.232. The van der Waals surface area contributed by atoms with Gasteiger partial charge in [-0.05, 0) is 36.4 Å². The van der Waals surface area contributed by atoms with Crippen LogP contribution in [0.4, 0.5) is 5.69 Å². The lowest BCUT2D eigenvalue weighted by molar-refractivity contribution is -0.121. The van der Waals surface area contributed by atoms with Crippen LogP contribution in [0.3, 0.4) is 0 Å². The lowest BCUT2D eigenvalue weighted by atomic mass is 10.1. The highest BCUT2D eigenvalue weighted by molar-refractivity contribution is 6.07. The number of carbonyl (C=O) groups excluding carboxylic acids is 1. The molecule has 0 radical (unpaired) electrons. The zero-order valence-electron chi connectivity index (χ0n) is 18.2. The Morgan fingerprint density at radius 2 is 1.15 bits per heavy atom. The summed E-state index contributed by atoms with van der Waals surface area (Å²) in [7, 11) is 0. The van der Waals surface area contributed by atoms with Crippen molar-refractivity contribution in [3.63, 3.8) is 0 Å². The summed E-state index contributed by atoms with van der Waals surface area (Å²) < 4.78 is 1.88. The van der Waals surface area contributed by atoms with Crippen LogP contribution in [-0.4, -0.2) is 15.5 Å². The Labute approximate surface area is 194 Å². The molecule has 0 unspecified atom stereocenters. The van der Waals surface area contributed by atoms with Crippen LogP contribution >= 0.6 is 0 Å². The molecule has 6 aromatic rings. The van der Waals surface area contributed by atoms with E-state index < -0.39 is 0 Å². The summed E-state index contributed by atoms with van der Waals surface area (Å²) in [4.78, 5) is 30.8. The molecular weight excluding hydrogens is 424 g/mol. The molecule has 34 heavy (non-hydrogen) atoms. The number of aromatic nitrogens is 2. The van der Waals surface area contributed by atoms with Crippen LogP contribution < -0.4 is 16.3 Å². The van der Waals surface area contributed by atoms with E-state index in [0.717, 1.165) is 38.5 Å². The van der Waals surface area contributed by atoms with E-state index in [1.54, 1.807) is 12.1 Å². The number of nitrogens with zero attached hydrogens (tertiary/aromatic N) is 2. The third-order valence-electron chi connectivity index (χ3n) is 6.10. The first-order chi connectivity index (χ1) is 16.7. The van der Waals surface area contributed by atoms with Gasteiger partial charge in [0.25, 0.3) is 5.91 Å². The standard InChI is InChI=1S/C28H20N4O2/c33-26(17-32-24-15-7-3-11-20(24)28(34)21-12-4-8-16-25(21)32)30-31-27-18-9-1-5-13-22(18)29-23-14-6-2-10-19(23)27/h1-16H,17H2,(H,29,31)(H,30,33). The van der Waals surface area contributed by atoms with E-state index in [9.17, 15) is 9.59 Å². The van der Waals surface area contributed by atoms with Gasteiger partial charge in [-0.2, -0.15) is 0 Å². The lowest BCUT2D eigenvalue weighted by Crippen LogP contribution is -2.33. The van der Waals surface area contributed by atoms with Crippen LogP contribution in [0.5, 0.6) is 0 Å². The molecule has 1 amide bonds. The highest BCUT2D eigenvalue weighted by Gasteiger charge is 2.14. The zero-order chi connectivity index (χ0) is 23.1. The van der Waals surface area contributed by atoms with Crippen molar-refractivity contribution in [2.24, 2.45) is 0 Å². The second-order valence-corrected chi connectivity index (χ2v) is 8.14. The van der Waals surface area contributed by atoms with Crippen LogP contribution in [-0.2, 0) is 11.3 Å². The molecule has 6 heteroatoms. The highest BCUT2D eigenvalue weighted by Crippen LogP contribution is 2.30. The molecule has 2 N–H and O–H groups in total. The maximum absolute atomic E-state index is 13.1. The largest absolute Gasteiger partial charge is 0.331 e. The highest BCUT2D eigenvalue weighted by atomic mass is 16.2. The van der Waals surface area contributed by atoms with Crippen molar-refractivity contribution in [2.75, 3.05) is 5.43 Å². The fourth-order valence-electron chi connectivity index (χ4n) is 4.54. The minimum Gasteiger partial charge on any atom is -0.331 e. The molecule has 0 bridgehead atoms. The summed E-state index contributed by atoms with van der Waals surface area (Å²) in [6.07, 6.45) is 0. The van der Waals surface area contributed by atoms with Crippen LogP contribution in [0.15, 0.2) is 102 Å². The summed E-state index contributed by atoms with van der Waals surface area (Å²) in [5.41, 5.74) is 9.90. The quantitative estimate of drug-likeness (QED) is 0.296. The molecule has 0 aliphatic heterocycles. The Morgan fingerprint density at radius 1 is 0.676 bits per heavy atom. The molecule has 0 spiro atoms. The predicted octanol–water partition coefficient (Wildman–Crippen LogP) is 5.00. The topological polar surface area (TPSA) is 76.0 Å². The molecule has 0 aliphatic carbocycles. The first-order valence-electron chi connectivity index (χ1n) is 11.0. The number of rotatable bonds is 4. The van der Waals surface area contributed by atoms with Crippen molar-refractivity contribution < 1.29 is 4.79 Å². The number of carbonyl (C=O) groups is 1. The minimum absolute atomic E-state index is 0.0318. The molecule has 0 atom stereocenters. The number of hydrogen-bond donors (Lipinski definition) is 2. The third-order valence-corrected chi connectivity index (χ3v) is 6.10. The maximum atomic E-state index is 13.1. The second-order valence-electron chi connectivity index (χ2n) is 8.14. The van der Waals surface area contributed by atoms with Gasteiger partial charge in [-0.1, -0.05) is 60.7 Å². The second kappa shape index (κ2) is 8.01. The summed E-state index contributed by atoms with van der Waals surface area (Å²) in [5, 5.41) is 3.02. The van der Waals surface area contributed by atoms with Crippen molar-refractivity contribution >= 4 is 55.2 Å². The Balaban J connectivity index is 1.39. The molecule has 0 saturated heterocycles. The predicted molar refractivity (Wildman–Crippen MR) is 137 cm³/mol. The number of pyridine rings is 2. The number of anilines is 1. The van der Waals surface area contributed by atoms with Crippen molar-refractivity contribution in [1.29, 1.82) is 0 Å². The first-order valence-corrected chi connectivity index (χ1v) is 11.0.